The van der Waals surface area contributed by atoms with E-state index in [9.17, 15) is 9.59 Å². The number of aromatic nitrogens is 2. The van der Waals surface area contributed by atoms with Gasteiger partial charge in [-0.25, -0.2) is 4.98 Å². The van der Waals surface area contributed by atoms with Crippen LogP contribution in [-0.2, 0) is 20.7 Å². The maximum absolute atomic E-state index is 12.6. The van der Waals surface area contributed by atoms with E-state index in [1.165, 1.54) is 18.4 Å². The van der Waals surface area contributed by atoms with E-state index in [4.69, 9.17) is 0 Å². The molecule has 1 amide bonds. The summed E-state index contributed by atoms with van der Waals surface area (Å²) in [5.74, 6) is -0.546. The van der Waals surface area contributed by atoms with Crippen LogP contribution in [-0.4, -0.2) is 46.4 Å². The van der Waals surface area contributed by atoms with Crippen molar-refractivity contribution in [1.82, 2.24) is 14.9 Å². The standard InChI is InChI=1S/C17H21N3O3S/c1-4-12(2)20(10-16(22)23-3)15(21)8-14-11-24-17(19-14)13-6-5-7-18-9-13/h5-7,9,11-12H,4,8,10H2,1-3H3/t12-/m0/s1. The summed E-state index contributed by atoms with van der Waals surface area (Å²) >= 11 is 1.48. The highest BCUT2D eigenvalue weighted by Crippen LogP contribution is 2.23. The molecular formula is C17H21N3O3S. The smallest absolute Gasteiger partial charge is 0.325 e. The molecule has 7 heteroatoms. The van der Waals surface area contributed by atoms with Crippen LogP contribution in [0.3, 0.4) is 0 Å². The second-order valence-corrected chi connectivity index (χ2v) is 6.28. The third kappa shape index (κ3) is 4.61. The molecule has 1 atom stereocenters. The summed E-state index contributed by atoms with van der Waals surface area (Å²) in [6.45, 7) is 3.86. The number of nitrogens with zero attached hydrogens (tertiary/aromatic N) is 3. The summed E-state index contributed by atoms with van der Waals surface area (Å²) in [4.78, 5) is 34.3. The van der Waals surface area contributed by atoms with Crippen LogP contribution in [0.1, 0.15) is 26.0 Å². The van der Waals surface area contributed by atoms with Gasteiger partial charge in [0.15, 0.2) is 0 Å². The zero-order valence-corrected chi connectivity index (χ0v) is 14.9. The molecule has 0 radical (unpaired) electrons. The average molecular weight is 347 g/mol. The van der Waals surface area contributed by atoms with Crippen LogP contribution in [0.2, 0.25) is 0 Å². The lowest BCUT2D eigenvalue weighted by Crippen LogP contribution is -2.43. The Morgan fingerprint density at radius 1 is 1.42 bits per heavy atom. The Morgan fingerprint density at radius 2 is 2.21 bits per heavy atom. The van der Waals surface area contributed by atoms with Crippen LogP contribution in [0.4, 0.5) is 0 Å². The van der Waals surface area contributed by atoms with Gasteiger partial charge in [0.2, 0.25) is 5.91 Å². The van der Waals surface area contributed by atoms with Crippen LogP contribution in [0.5, 0.6) is 0 Å². The molecule has 2 aromatic rings. The maximum atomic E-state index is 12.6. The predicted molar refractivity (Wildman–Crippen MR) is 92.5 cm³/mol. The molecule has 0 spiro atoms. The van der Waals surface area contributed by atoms with E-state index in [0.717, 1.165) is 17.0 Å². The minimum atomic E-state index is -0.419. The van der Waals surface area contributed by atoms with Crippen molar-refractivity contribution in [1.29, 1.82) is 0 Å². The van der Waals surface area contributed by atoms with E-state index >= 15 is 0 Å². The van der Waals surface area contributed by atoms with Crippen molar-refractivity contribution in [2.75, 3.05) is 13.7 Å². The van der Waals surface area contributed by atoms with E-state index in [1.54, 1.807) is 17.3 Å². The van der Waals surface area contributed by atoms with E-state index in [0.29, 0.717) is 5.69 Å². The lowest BCUT2D eigenvalue weighted by molar-refractivity contribution is -0.148. The van der Waals surface area contributed by atoms with Gasteiger partial charge in [-0.3, -0.25) is 14.6 Å². The van der Waals surface area contributed by atoms with Gasteiger partial charge in [0.1, 0.15) is 11.6 Å². The molecule has 0 N–H and O–H groups in total. The number of rotatable bonds is 7. The van der Waals surface area contributed by atoms with E-state index in [2.05, 4.69) is 14.7 Å². The second kappa shape index (κ2) is 8.54. The fraction of sp³-hybridized carbons (Fsp3) is 0.412. The average Bonchev–Trinajstić information content (AvgIpc) is 3.07. The molecule has 0 saturated heterocycles. The highest BCUT2D eigenvalue weighted by molar-refractivity contribution is 7.13. The largest absolute Gasteiger partial charge is 0.468 e. The molecule has 0 fully saturated rings. The van der Waals surface area contributed by atoms with Gasteiger partial charge in [-0.05, 0) is 25.5 Å². The number of hydrogen-bond acceptors (Lipinski definition) is 6. The third-order valence-corrected chi connectivity index (χ3v) is 4.70. The van der Waals surface area contributed by atoms with E-state index in [-0.39, 0.29) is 24.9 Å². The minimum Gasteiger partial charge on any atom is -0.468 e. The summed E-state index contributed by atoms with van der Waals surface area (Å²) in [7, 11) is 1.32. The van der Waals surface area contributed by atoms with Crippen LogP contribution in [0, 0.1) is 0 Å². The highest BCUT2D eigenvalue weighted by atomic mass is 32.1. The Kier molecular flexibility index (Phi) is 6.43. The Bertz CT molecular complexity index is 687. The topological polar surface area (TPSA) is 72.4 Å². The van der Waals surface area contributed by atoms with Crippen LogP contribution < -0.4 is 0 Å². The van der Waals surface area contributed by atoms with Gasteiger partial charge in [-0.2, -0.15) is 0 Å². The summed E-state index contributed by atoms with van der Waals surface area (Å²) in [6, 6.07) is 3.75. The van der Waals surface area contributed by atoms with Gasteiger partial charge >= 0.3 is 5.97 Å². The Hall–Kier alpha value is -2.28. The van der Waals surface area contributed by atoms with E-state index in [1.807, 2.05) is 31.4 Å². The van der Waals surface area contributed by atoms with Gasteiger partial charge in [0, 0.05) is 29.4 Å². The van der Waals surface area contributed by atoms with Gasteiger partial charge in [-0.15, -0.1) is 11.3 Å². The lowest BCUT2D eigenvalue weighted by Gasteiger charge is -2.27. The Morgan fingerprint density at radius 3 is 2.83 bits per heavy atom. The van der Waals surface area contributed by atoms with Crippen molar-refractivity contribution in [3.05, 3.63) is 35.6 Å². The third-order valence-electron chi connectivity index (χ3n) is 3.76. The molecule has 2 heterocycles. The number of hydrogen-bond donors (Lipinski definition) is 0. The number of thiazole rings is 1. The van der Waals surface area contributed by atoms with Gasteiger partial charge < -0.3 is 9.64 Å². The first-order chi connectivity index (χ1) is 11.5. The van der Waals surface area contributed by atoms with Gasteiger partial charge in [0.25, 0.3) is 0 Å². The Labute approximate surface area is 145 Å². The van der Waals surface area contributed by atoms with Crippen molar-refractivity contribution >= 4 is 23.2 Å². The second-order valence-electron chi connectivity index (χ2n) is 5.42. The summed E-state index contributed by atoms with van der Waals surface area (Å²) in [6.07, 6.45) is 4.38. The zero-order valence-electron chi connectivity index (χ0n) is 14.1. The summed E-state index contributed by atoms with van der Waals surface area (Å²) in [5, 5.41) is 2.70. The number of ether oxygens (including phenoxy) is 1. The molecule has 6 nitrogen and oxygen atoms in total. The van der Waals surface area contributed by atoms with Crippen LogP contribution in [0.25, 0.3) is 10.6 Å². The number of pyridine rings is 1. The number of carbonyl (C=O) groups excluding carboxylic acids is 2. The molecule has 24 heavy (non-hydrogen) atoms. The first kappa shape index (κ1) is 18.1. The van der Waals surface area contributed by atoms with E-state index < -0.39 is 5.97 Å². The van der Waals surface area contributed by atoms with Gasteiger partial charge in [0.05, 0.1) is 19.2 Å². The van der Waals surface area contributed by atoms with Crippen molar-refractivity contribution in [3.63, 3.8) is 0 Å². The fourth-order valence-corrected chi connectivity index (χ4v) is 2.99. The first-order valence-corrected chi connectivity index (χ1v) is 8.64. The van der Waals surface area contributed by atoms with Crippen molar-refractivity contribution < 1.29 is 14.3 Å². The Balaban J connectivity index is 2.09. The number of methoxy groups -OCH3 is 1. The molecule has 0 unspecified atom stereocenters. The van der Waals surface area contributed by atoms with Crippen molar-refractivity contribution in [2.45, 2.75) is 32.7 Å². The predicted octanol–water partition coefficient (Wildman–Crippen LogP) is 2.55. The molecular weight excluding hydrogens is 326 g/mol. The van der Waals surface area contributed by atoms with Crippen LogP contribution >= 0.6 is 11.3 Å². The SMILES string of the molecule is CC[C@H](C)N(CC(=O)OC)C(=O)Cc1csc(-c2cccnc2)n1. The maximum Gasteiger partial charge on any atom is 0.325 e. The summed E-state index contributed by atoms with van der Waals surface area (Å²) in [5.41, 5.74) is 1.62. The molecule has 0 saturated carbocycles. The number of carbonyl (C=O) groups is 2. The molecule has 0 bridgehead atoms. The first-order valence-electron chi connectivity index (χ1n) is 7.76. The quantitative estimate of drug-likeness (QED) is 0.720. The zero-order chi connectivity index (χ0) is 17.5. The highest BCUT2D eigenvalue weighted by Gasteiger charge is 2.23. The lowest BCUT2D eigenvalue weighted by atomic mass is 10.2. The molecule has 2 rings (SSSR count). The molecule has 128 valence electrons. The van der Waals surface area contributed by atoms with Crippen molar-refractivity contribution in [3.8, 4) is 10.6 Å². The molecule has 2 aromatic heterocycles. The fourth-order valence-electron chi connectivity index (χ4n) is 2.18. The minimum absolute atomic E-state index is 0.0342. The molecule has 0 aromatic carbocycles. The van der Waals surface area contributed by atoms with Gasteiger partial charge in [-0.1, -0.05) is 6.92 Å². The normalized spacial score (nSPS) is 11.8. The number of amides is 1. The molecule has 0 aliphatic carbocycles. The molecule has 0 aliphatic heterocycles. The number of esters is 1. The van der Waals surface area contributed by atoms with Crippen molar-refractivity contribution in [2.24, 2.45) is 0 Å². The summed E-state index contributed by atoms with van der Waals surface area (Å²) < 4.78 is 4.68. The monoisotopic (exact) mass is 347 g/mol. The molecule has 0 aliphatic rings. The van der Waals surface area contributed by atoms with Crippen LogP contribution in [0.15, 0.2) is 29.9 Å².